The number of benzene rings is 2. The number of nitrogens with zero attached hydrogens (tertiary/aromatic N) is 1. The van der Waals surface area contributed by atoms with E-state index in [1.54, 1.807) is 0 Å². The van der Waals surface area contributed by atoms with Crippen molar-refractivity contribution >= 4 is 11.7 Å². The first-order chi connectivity index (χ1) is 10.5. The second-order valence-electron chi connectivity index (χ2n) is 5.75. The summed E-state index contributed by atoms with van der Waals surface area (Å²) < 4.78 is 0. The van der Waals surface area contributed by atoms with E-state index < -0.39 is 11.9 Å². The fourth-order valence-corrected chi connectivity index (χ4v) is 2.50. The minimum atomic E-state index is -0.777. The average molecular weight is 297 g/mol. The average Bonchev–Trinajstić information content (AvgIpc) is 2.53. The monoisotopic (exact) mass is 297 g/mol. The van der Waals surface area contributed by atoms with Crippen molar-refractivity contribution in [2.24, 2.45) is 0 Å². The molecule has 1 atom stereocenters. The molecule has 2 aromatic carbocycles. The highest BCUT2D eigenvalue weighted by atomic mass is 16.4. The van der Waals surface area contributed by atoms with Gasteiger partial charge >= 0.3 is 5.97 Å². The van der Waals surface area contributed by atoms with Crippen LogP contribution in [0.5, 0.6) is 0 Å². The van der Waals surface area contributed by atoms with Crippen LogP contribution in [0.3, 0.4) is 0 Å². The Morgan fingerprint density at radius 1 is 1.00 bits per heavy atom. The smallest absolute Gasteiger partial charge is 0.311 e. The van der Waals surface area contributed by atoms with E-state index in [0.717, 1.165) is 23.2 Å². The molecule has 0 aliphatic rings. The van der Waals surface area contributed by atoms with Gasteiger partial charge in [0.15, 0.2) is 0 Å². The molecule has 1 N–H and O–H groups in total. The largest absolute Gasteiger partial charge is 0.481 e. The van der Waals surface area contributed by atoms with E-state index in [0.29, 0.717) is 6.42 Å². The Kier molecular flexibility index (Phi) is 5.21. The Bertz CT molecular complexity index is 615. The predicted octanol–water partition coefficient (Wildman–Crippen LogP) is 3.73. The van der Waals surface area contributed by atoms with E-state index in [2.05, 4.69) is 6.92 Å². The van der Waals surface area contributed by atoms with E-state index in [4.69, 9.17) is 0 Å². The molecular formula is C19H23NO2. The van der Waals surface area contributed by atoms with Gasteiger partial charge in [-0.25, -0.2) is 0 Å². The number of hydrogen-bond acceptors (Lipinski definition) is 2. The van der Waals surface area contributed by atoms with Gasteiger partial charge in [0.2, 0.25) is 0 Å². The highest BCUT2D eigenvalue weighted by Gasteiger charge is 2.20. The molecule has 0 aromatic heterocycles. The summed E-state index contributed by atoms with van der Waals surface area (Å²) in [7, 11) is 3.98. The molecule has 1 unspecified atom stereocenters. The molecule has 2 aromatic rings. The van der Waals surface area contributed by atoms with Crippen LogP contribution in [-0.2, 0) is 17.6 Å². The second kappa shape index (κ2) is 7.12. The topological polar surface area (TPSA) is 40.5 Å². The van der Waals surface area contributed by atoms with Crippen molar-refractivity contribution in [1.82, 2.24) is 0 Å². The summed E-state index contributed by atoms with van der Waals surface area (Å²) in [5.41, 5.74) is 4.24. The third-order valence-corrected chi connectivity index (χ3v) is 3.98. The van der Waals surface area contributed by atoms with Gasteiger partial charge in [-0.05, 0) is 41.7 Å². The zero-order valence-electron chi connectivity index (χ0n) is 13.4. The van der Waals surface area contributed by atoms with Crippen molar-refractivity contribution in [3.8, 4) is 0 Å². The highest BCUT2D eigenvalue weighted by molar-refractivity contribution is 5.76. The first kappa shape index (κ1) is 16.1. The maximum Gasteiger partial charge on any atom is 0.311 e. The van der Waals surface area contributed by atoms with Crippen molar-refractivity contribution in [3.05, 3.63) is 65.2 Å². The summed E-state index contributed by atoms with van der Waals surface area (Å²) in [5, 5.41) is 9.55. The minimum absolute atomic E-state index is 0.504. The molecule has 2 rings (SSSR count). The zero-order valence-corrected chi connectivity index (χ0v) is 13.4. The zero-order chi connectivity index (χ0) is 16.1. The first-order valence-corrected chi connectivity index (χ1v) is 7.59. The lowest BCUT2D eigenvalue weighted by Gasteiger charge is -2.16. The van der Waals surface area contributed by atoms with Crippen molar-refractivity contribution < 1.29 is 9.90 Å². The third-order valence-electron chi connectivity index (χ3n) is 3.98. The molecule has 0 radical (unpaired) electrons. The van der Waals surface area contributed by atoms with Gasteiger partial charge in [-0.1, -0.05) is 43.3 Å². The Hall–Kier alpha value is -2.29. The number of rotatable bonds is 6. The lowest BCUT2D eigenvalue weighted by atomic mass is 9.91. The van der Waals surface area contributed by atoms with Crippen molar-refractivity contribution in [3.63, 3.8) is 0 Å². The molecule has 0 aliphatic carbocycles. The second-order valence-corrected chi connectivity index (χ2v) is 5.75. The molecule has 3 nitrogen and oxygen atoms in total. The first-order valence-electron chi connectivity index (χ1n) is 7.59. The minimum Gasteiger partial charge on any atom is -0.481 e. The van der Waals surface area contributed by atoms with Crippen molar-refractivity contribution in [2.45, 2.75) is 25.7 Å². The Morgan fingerprint density at radius 3 is 2.00 bits per heavy atom. The molecule has 22 heavy (non-hydrogen) atoms. The normalized spacial score (nSPS) is 12.0. The van der Waals surface area contributed by atoms with Gasteiger partial charge in [-0.15, -0.1) is 0 Å². The number of aliphatic carboxylic acids is 1. The molecule has 0 aliphatic heterocycles. The number of carboxylic acid groups (broad SMARTS) is 1. The Labute approximate surface area is 132 Å². The SMILES string of the molecule is CCc1ccc(C(Cc2ccc(N(C)C)cc2)C(=O)O)cc1. The maximum absolute atomic E-state index is 11.6. The standard InChI is InChI=1S/C19H23NO2/c1-4-14-5-9-16(10-6-14)18(19(21)22)13-15-7-11-17(12-8-15)20(2)3/h5-12,18H,4,13H2,1-3H3,(H,21,22). The van der Waals surface area contributed by atoms with Crippen molar-refractivity contribution in [2.75, 3.05) is 19.0 Å². The van der Waals surface area contributed by atoms with Gasteiger partial charge in [0.25, 0.3) is 0 Å². The van der Waals surface area contributed by atoms with Gasteiger partial charge in [0.05, 0.1) is 5.92 Å². The van der Waals surface area contributed by atoms with Gasteiger partial charge < -0.3 is 10.0 Å². The molecule has 0 spiro atoms. The van der Waals surface area contributed by atoms with E-state index in [-0.39, 0.29) is 0 Å². The van der Waals surface area contributed by atoms with E-state index in [1.165, 1.54) is 5.56 Å². The summed E-state index contributed by atoms with van der Waals surface area (Å²) in [6.07, 6.45) is 1.47. The van der Waals surface area contributed by atoms with Crippen LogP contribution in [-0.4, -0.2) is 25.2 Å². The molecule has 116 valence electrons. The quantitative estimate of drug-likeness (QED) is 0.883. The Balaban J connectivity index is 2.19. The molecule has 3 heteroatoms. The van der Waals surface area contributed by atoms with Crippen LogP contribution in [0.15, 0.2) is 48.5 Å². The van der Waals surface area contributed by atoms with Crippen LogP contribution >= 0.6 is 0 Å². The Morgan fingerprint density at radius 2 is 1.55 bits per heavy atom. The van der Waals surface area contributed by atoms with E-state index >= 15 is 0 Å². The number of carboxylic acids is 1. The fraction of sp³-hybridized carbons (Fsp3) is 0.316. The summed E-state index contributed by atoms with van der Waals surface area (Å²) >= 11 is 0. The molecule has 0 saturated carbocycles. The van der Waals surface area contributed by atoms with Gasteiger partial charge in [0.1, 0.15) is 0 Å². The van der Waals surface area contributed by atoms with Gasteiger partial charge in [-0.3, -0.25) is 4.79 Å². The fourth-order valence-electron chi connectivity index (χ4n) is 2.50. The molecule has 0 bridgehead atoms. The summed E-state index contributed by atoms with van der Waals surface area (Å²) in [4.78, 5) is 13.7. The van der Waals surface area contributed by atoms with Crippen LogP contribution in [0.4, 0.5) is 5.69 Å². The van der Waals surface area contributed by atoms with Crippen LogP contribution in [0.1, 0.15) is 29.5 Å². The lowest BCUT2D eigenvalue weighted by Crippen LogP contribution is -2.15. The number of hydrogen-bond donors (Lipinski definition) is 1. The van der Waals surface area contributed by atoms with Gasteiger partial charge in [0, 0.05) is 19.8 Å². The summed E-state index contributed by atoms with van der Waals surface area (Å²) in [5.74, 6) is -1.28. The lowest BCUT2D eigenvalue weighted by molar-refractivity contribution is -0.138. The summed E-state index contributed by atoms with van der Waals surface area (Å²) in [6.45, 7) is 2.09. The maximum atomic E-state index is 11.6. The van der Waals surface area contributed by atoms with Crippen LogP contribution in [0.2, 0.25) is 0 Å². The summed E-state index contributed by atoms with van der Waals surface area (Å²) in [6, 6.07) is 16.0. The van der Waals surface area contributed by atoms with Gasteiger partial charge in [-0.2, -0.15) is 0 Å². The van der Waals surface area contributed by atoms with Crippen LogP contribution < -0.4 is 4.90 Å². The predicted molar refractivity (Wildman–Crippen MR) is 90.7 cm³/mol. The van der Waals surface area contributed by atoms with Crippen molar-refractivity contribution in [1.29, 1.82) is 0 Å². The molecule has 0 amide bonds. The number of anilines is 1. The molecule has 0 saturated heterocycles. The number of aryl methyl sites for hydroxylation is 1. The van der Waals surface area contributed by atoms with Crippen LogP contribution in [0.25, 0.3) is 0 Å². The number of carbonyl (C=O) groups is 1. The molecular weight excluding hydrogens is 274 g/mol. The molecule has 0 heterocycles. The van der Waals surface area contributed by atoms with E-state index in [1.807, 2.05) is 67.5 Å². The van der Waals surface area contributed by atoms with E-state index in [9.17, 15) is 9.90 Å². The highest BCUT2D eigenvalue weighted by Crippen LogP contribution is 2.23. The van der Waals surface area contributed by atoms with Crippen LogP contribution in [0, 0.1) is 0 Å². The third kappa shape index (κ3) is 3.88. The molecule has 0 fully saturated rings.